The van der Waals surface area contributed by atoms with Crippen molar-refractivity contribution in [2.24, 2.45) is 4.99 Å². The van der Waals surface area contributed by atoms with Crippen molar-refractivity contribution in [2.75, 3.05) is 13.1 Å². The third-order valence-electron chi connectivity index (χ3n) is 4.05. The number of benzene rings is 1. The van der Waals surface area contributed by atoms with Gasteiger partial charge in [0.2, 0.25) is 0 Å². The molecule has 4 rings (SSSR count). The second-order valence-electron chi connectivity index (χ2n) is 5.77. The molecule has 1 aliphatic rings. The van der Waals surface area contributed by atoms with E-state index in [1.165, 1.54) is 27.0 Å². The maximum atomic E-state index is 12.3. The molecule has 1 saturated heterocycles. The standard InChI is InChI=1S/C17H17N3OS2/c1-12-4-5-14-13(10-12)11-15(23-14)20-8-9-22-17(20)18-16(21)19-6-2-3-7-19/h4-5,8-11H,2-3,6-7H2,1H3. The van der Waals surface area contributed by atoms with Crippen molar-refractivity contribution >= 4 is 38.8 Å². The minimum Gasteiger partial charge on any atom is -0.323 e. The van der Waals surface area contributed by atoms with E-state index in [1.54, 1.807) is 11.3 Å². The van der Waals surface area contributed by atoms with E-state index in [0.717, 1.165) is 35.7 Å². The number of nitrogens with zero attached hydrogens (tertiary/aromatic N) is 3. The molecule has 0 unspecified atom stereocenters. The molecule has 2 aromatic heterocycles. The molecule has 3 aromatic rings. The van der Waals surface area contributed by atoms with Gasteiger partial charge in [0.1, 0.15) is 5.00 Å². The lowest BCUT2D eigenvalue weighted by Gasteiger charge is -2.10. The summed E-state index contributed by atoms with van der Waals surface area (Å²) >= 11 is 3.22. The summed E-state index contributed by atoms with van der Waals surface area (Å²) in [6.07, 6.45) is 4.15. The van der Waals surface area contributed by atoms with Crippen LogP contribution in [0.5, 0.6) is 0 Å². The van der Waals surface area contributed by atoms with E-state index in [2.05, 4.69) is 36.2 Å². The van der Waals surface area contributed by atoms with E-state index in [4.69, 9.17) is 0 Å². The summed E-state index contributed by atoms with van der Waals surface area (Å²) in [5.41, 5.74) is 1.26. The molecule has 0 atom stereocenters. The van der Waals surface area contributed by atoms with E-state index in [1.807, 2.05) is 21.0 Å². The van der Waals surface area contributed by atoms with E-state index < -0.39 is 0 Å². The van der Waals surface area contributed by atoms with Crippen LogP contribution < -0.4 is 4.80 Å². The van der Waals surface area contributed by atoms with Gasteiger partial charge in [0.25, 0.3) is 0 Å². The first-order chi connectivity index (χ1) is 11.2. The Morgan fingerprint density at radius 1 is 1.22 bits per heavy atom. The van der Waals surface area contributed by atoms with Crippen LogP contribution in [0.1, 0.15) is 18.4 Å². The Morgan fingerprint density at radius 3 is 2.87 bits per heavy atom. The van der Waals surface area contributed by atoms with Crippen LogP contribution in [0.2, 0.25) is 0 Å². The molecule has 0 N–H and O–H groups in total. The van der Waals surface area contributed by atoms with Crippen molar-refractivity contribution in [1.29, 1.82) is 0 Å². The Morgan fingerprint density at radius 2 is 2.04 bits per heavy atom. The van der Waals surface area contributed by atoms with Gasteiger partial charge in [0.05, 0.1) is 0 Å². The number of aryl methyl sites for hydroxylation is 1. The first-order valence-corrected chi connectivity index (χ1v) is 9.41. The monoisotopic (exact) mass is 343 g/mol. The minimum absolute atomic E-state index is 0.115. The van der Waals surface area contributed by atoms with Crippen molar-refractivity contribution in [3.05, 3.63) is 46.2 Å². The van der Waals surface area contributed by atoms with Crippen LogP contribution >= 0.6 is 22.7 Å². The molecule has 1 aliphatic heterocycles. The number of rotatable bonds is 1. The second-order valence-corrected chi connectivity index (χ2v) is 7.71. The SMILES string of the molecule is Cc1ccc2sc(-n3ccsc3=NC(=O)N3CCCC3)cc2c1. The van der Waals surface area contributed by atoms with E-state index in [-0.39, 0.29) is 6.03 Å². The Labute approximate surface area is 142 Å². The van der Waals surface area contributed by atoms with Crippen molar-refractivity contribution in [3.63, 3.8) is 0 Å². The number of thiazole rings is 1. The van der Waals surface area contributed by atoms with Crippen LogP contribution in [0, 0.1) is 6.92 Å². The van der Waals surface area contributed by atoms with Crippen LogP contribution in [0.25, 0.3) is 15.1 Å². The van der Waals surface area contributed by atoms with Crippen LogP contribution in [0.3, 0.4) is 0 Å². The highest BCUT2D eigenvalue weighted by molar-refractivity contribution is 7.21. The molecule has 0 radical (unpaired) electrons. The highest BCUT2D eigenvalue weighted by Crippen LogP contribution is 2.28. The minimum atomic E-state index is -0.115. The maximum absolute atomic E-state index is 12.3. The Hall–Kier alpha value is -1.92. The largest absolute Gasteiger partial charge is 0.346 e. The number of aromatic nitrogens is 1. The van der Waals surface area contributed by atoms with Gasteiger partial charge in [-0.05, 0) is 37.3 Å². The zero-order chi connectivity index (χ0) is 15.8. The van der Waals surface area contributed by atoms with Crippen LogP contribution in [-0.4, -0.2) is 28.6 Å². The van der Waals surface area contributed by atoms with Crippen molar-refractivity contribution in [1.82, 2.24) is 9.47 Å². The fourth-order valence-corrected chi connectivity index (χ4v) is 4.64. The molecule has 0 saturated carbocycles. The Balaban J connectivity index is 1.74. The summed E-state index contributed by atoms with van der Waals surface area (Å²) in [5.74, 6) is 0. The molecular weight excluding hydrogens is 326 g/mol. The van der Waals surface area contributed by atoms with Crippen molar-refractivity contribution in [3.8, 4) is 5.00 Å². The number of likely N-dealkylation sites (tertiary alicyclic amines) is 1. The third-order valence-corrected chi connectivity index (χ3v) is 5.93. The first-order valence-electron chi connectivity index (χ1n) is 7.71. The number of hydrogen-bond donors (Lipinski definition) is 0. The van der Waals surface area contributed by atoms with Gasteiger partial charge in [-0.1, -0.05) is 17.7 Å². The molecule has 3 heterocycles. The van der Waals surface area contributed by atoms with E-state index in [9.17, 15) is 4.79 Å². The van der Waals surface area contributed by atoms with Gasteiger partial charge in [0, 0.05) is 29.4 Å². The molecule has 0 aliphatic carbocycles. The Kier molecular flexibility index (Phi) is 3.79. The molecule has 1 fully saturated rings. The van der Waals surface area contributed by atoms with Crippen molar-refractivity contribution < 1.29 is 4.79 Å². The maximum Gasteiger partial charge on any atom is 0.346 e. The predicted octanol–water partition coefficient (Wildman–Crippen LogP) is 4.18. The number of carbonyl (C=O) groups is 1. The van der Waals surface area contributed by atoms with Gasteiger partial charge in [-0.25, -0.2) is 4.79 Å². The molecule has 0 bridgehead atoms. The lowest BCUT2D eigenvalue weighted by atomic mass is 10.2. The van der Waals surface area contributed by atoms with E-state index in [0.29, 0.717) is 0 Å². The zero-order valence-corrected chi connectivity index (χ0v) is 14.5. The number of thiophene rings is 1. The predicted molar refractivity (Wildman–Crippen MR) is 95.5 cm³/mol. The lowest BCUT2D eigenvalue weighted by molar-refractivity contribution is 0.218. The summed E-state index contributed by atoms with van der Waals surface area (Å²) in [7, 11) is 0. The summed E-state index contributed by atoms with van der Waals surface area (Å²) in [4.78, 5) is 19.2. The third kappa shape index (κ3) is 2.84. The average molecular weight is 343 g/mol. The smallest absolute Gasteiger partial charge is 0.323 e. The number of urea groups is 1. The highest BCUT2D eigenvalue weighted by atomic mass is 32.1. The fraction of sp³-hybridized carbons (Fsp3) is 0.294. The van der Waals surface area contributed by atoms with Gasteiger partial charge >= 0.3 is 6.03 Å². The van der Waals surface area contributed by atoms with Gasteiger partial charge in [-0.2, -0.15) is 4.99 Å². The molecular formula is C17H17N3OS2. The van der Waals surface area contributed by atoms with Crippen LogP contribution in [-0.2, 0) is 0 Å². The highest BCUT2D eigenvalue weighted by Gasteiger charge is 2.17. The molecule has 2 amide bonds. The van der Waals surface area contributed by atoms with Gasteiger partial charge < -0.3 is 4.90 Å². The van der Waals surface area contributed by atoms with Crippen molar-refractivity contribution in [2.45, 2.75) is 19.8 Å². The molecule has 0 spiro atoms. The average Bonchev–Trinajstić information content (AvgIpc) is 3.26. The molecule has 6 heteroatoms. The first kappa shape index (κ1) is 14.7. The number of hydrogen-bond acceptors (Lipinski definition) is 3. The molecule has 23 heavy (non-hydrogen) atoms. The van der Waals surface area contributed by atoms with E-state index >= 15 is 0 Å². The van der Waals surface area contributed by atoms with Crippen LogP contribution in [0.15, 0.2) is 40.8 Å². The molecule has 4 nitrogen and oxygen atoms in total. The molecule has 118 valence electrons. The van der Waals surface area contributed by atoms with Crippen LogP contribution in [0.4, 0.5) is 4.79 Å². The number of carbonyl (C=O) groups excluding carboxylic acids is 1. The van der Waals surface area contributed by atoms with Gasteiger partial charge in [-0.15, -0.1) is 22.7 Å². The summed E-state index contributed by atoms with van der Waals surface area (Å²) in [5, 5.41) is 4.31. The summed E-state index contributed by atoms with van der Waals surface area (Å²) < 4.78 is 3.26. The Bertz CT molecular complexity index is 929. The fourth-order valence-electron chi connectivity index (χ4n) is 2.85. The lowest BCUT2D eigenvalue weighted by Crippen LogP contribution is -2.27. The number of fused-ring (bicyclic) bond motifs is 1. The second kappa shape index (κ2) is 5.94. The normalized spacial score (nSPS) is 15.7. The number of amides is 2. The van der Waals surface area contributed by atoms with Gasteiger partial charge in [-0.3, -0.25) is 4.57 Å². The van der Waals surface area contributed by atoms with Gasteiger partial charge in [0.15, 0.2) is 4.80 Å². The zero-order valence-electron chi connectivity index (χ0n) is 12.9. The topological polar surface area (TPSA) is 37.6 Å². The summed E-state index contributed by atoms with van der Waals surface area (Å²) in [6, 6.07) is 8.52. The molecule has 1 aromatic carbocycles. The summed E-state index contributed by atoms with van der Waals surface area (Å²) in [6.45, 7) is 3.76. The quantitative estimate of drug-likeness (QED) is 0.653.